The number of nitrogen functional groups attached to an aromatic ring is 2. The number of anilines is 2. The number of hydrogen-bond donors (Lipinski definition) is 4. The largest absolute Gasteiger partial charge is 0.548 e. The molecule has 0 bridgehead atoms. The standard InChI is InChI=1S/C23H24N4O3.ClH/c1-2-30-20-12-16(15-4-3-5-18(24)11-15)10-17(13-20)21(23(28)29)27-19-8-6-14(7-9-19)22(25)26;/h3-13,21,27H,2,24H2,1H3,(H3,25,26)(H,28,29);1H/p-1. The molecule has 1 unspecified atom stereocenters. The molecule has 0 fully saturated rings. The highest BCUT2D eigenvalue weighted by Crippen LogP contribution is 2.31. The summed E-state index contributed by atoms with van der Waals surface area (Å²) in [7, 11) is 0. The molecule has 6 N–H and O–H groups in total. The molecule has 31 heavy (non-hydrogen) atoms. The number of aliphatic carboxylic acids is 1. The first kappa shape index (κ1) is 23.6. The van der Waals surface area contributed by atoms with Crippen LogP contribution in [0.15, 0.2) is 66.7 Å². The summed E-state index contributed by atoms with van der Waals surface area (Å²) >= 11 is 0. The van der Waals surface area contributed by atoms with Crippen molar-refractivity contribution in [3.8, 4) is 16.9 Å². The third kappa shape index (κ3) is 5.90. The third-order valence-electron chi connectivity index (χ3n) is 4.54. The smallest absolute Gasteiger partial charge is 0.122 e. The molecule has 0 radical (unpaired) electrons. The Labute approximate surface area is 187 Å². The summed E-state index contributed by atoms with van der Waals surface area (Å²) in [6.45, 7) is 2.30. The molecule has 0 spiro atoms. The van der Waals surface area contributed by atoms with Crippen molar-refractivity contribution < 1.29 is 14.6 Å². The Balaban J connectivity index is 0.00000341. The maximum absolute atomic E-state index is 12.0. The van der Waals surface area contributed by atoms with E-state index in [1.54, 1.807) is 42.5 Å². The zero-order valence-electron chi connectivity index (χ0n) is 16.9. The second-order valence-electron chi connectivity index (χ2n) is 6.74. The zero-order valence-corrected chi connectivity index (χ0v) is 17.7. The van der Waals surface area contributed by atoms with Gasteiger partial charge in [-0.05, 0) is 78.2 Å². The normalized spacial score (nSPS) is 11.1. The Hall–Kier alpha value is -3.71. The predicted molar refractivity (Wildman–Crippen MR) is 124 cm³/mol. The number of nitrogens with two attached hydrogens (primary N) is 2. The van der Waals surface area contributed by atoms with Gasteiger partial charge in [0, 0.05) is 16.9 Å². The number of carbonyl (C=O) groups excluding carboxylic acids is 1. The van der Waals surface area contributed by atoms with E-state index in [9.17, 15) is 9.90 Å². The number of carboxylic acids is 1. The lowest BCUT2D eigenvalue weighted by atomic mass is 9.98. The highest BCUT2D eigenvalue weighted by Gasteiger charge is 2.16. The van der Waals surface area contributed by atoms with Gasteiger partial charge in [0.05, 0.1) is 18.6 Å². The fourth-order valence-corrected chi connectivity index (χ4v) is 3.11. The third-order valence-corrected chi connectivity index (χ3v) is 4.54. The van der Waals surface area contributed by atoms with Gasteiger partial charge in [0.25, 0.3) is 0 Å². The number of nitrogens with one attached hydrogen (secondary N) is 2. The number of carbonyl (C=O) groups is 1. The number of ether oxygens (including phenoxy) is 1. The van der Waals surface area contributed by atoms with Gasteiger partial charge in [0.1, 0.15) is 11.6 Å². The number of carboxylic acid groups (broad SMARTS) is 1. The van der Waals surface area contributed by atoms with E-state index in [4.69, 9.17) is 21.6 Å². The van der Waals surface area contributed by atoms with E-state index in [2.05, 4.69) is 5.32 Å². The highest BCUT2D eigenvalue weighted by atomic mass is 35.5. The van der Waals surface area contributed by atoms with Crippen LogP contribution in [0.4, 0.5) is 11.4 Å². The van der Waals surface area contributed by atoms with Gasteiger partial charge >= 0.3 is 0 Å². The molecule has 0 heterocycles. The molecule has 1 atom stereocenters. The number of amidine groups is 1. The number of hydrogen-bond acceptors (Lipinski definition) is 6. The molecular weight excluding hydrogens is 416 g/mol. The average Bonchev–Trinajstić information content (AvgIpc) is 2.72. The maximum Gasteiger partial charge on any atom is 0.122 e. The van der Waals surface area contributed by atoms with Crippen LogP contribution in [-0.4, -0.2) is 18.4 Å². The van der Waals surface area contributed by atoms with Gasteiger partial charge in [0.15, 0.2) is 0 Å². The first-order chi connectivity index (χ1) is 14.4. The topological polar surface area (TPSA) is 137 Å². The van der Waals surface area contributed by atoms with Crippen molar-refractivity contribution in [1.82, 2.24) is 0 Å². The lowest BCUT2D eigenvalue weighted by Gasteiger charge is -2.23. The molecule has 0 amide bonds. The van der Waals surface area contributed by atoms with Gasteiger partial charge in [0.2, 0.25) is 0 Å². The van der Waals surface area contributed by atoms with Crippen LogP contribution in [0.5, 0.6) is 5.75 Å². The second kappa shape index (κ2) is 10.4. The van der Waals surface area contributed by atoms with Crippen molar-refractivity contribution in [2.75, 3.05) is 17.7 Å². The van der Waals surface area contributed by atoms with Crippen LogP contribution in [0, 0.1) is 5.41 Å². The lowest BCUT2D eigenvalue weighted by Crippen LogP contribution is -2.34. The lowest BCUT2D eigenvalue weighted by molar-refractivity contribution is -0.307. The molecule has 7 nitrogen and oxygen atoms in total. The summed E-state index contributed by atoms with van der Waals surface area (Å²) in [5.74, 6) is -0.792. The Morgan fingerprint density at radius 1 is 1.10 bits per heavy atom. The van der Waals surface area contributed by atoms with E-state index < -0.39 is 12.0 Å². The summed E-state index contributed by atoms with van der Waals surface area (Å²) in [6.07, 6.45) is 0. The second-order valence-corrected chi connectivity index (χ2v) is 6.74. The Morgan fingerprint density at radius 3 is 2.39 bits per heavy atom. The molecule has 3 aromatic carbocycles. The van der Waals surface area contributed by atoms with Gasteiger partial charge in [-0.15, -0.1) is 12.4 Å². The first-order valence-corrected chi connectivity index (χ1v) is 9.43. The molecule has 3 rings (SSSR count). The minimum absolute atomic E-state index is 0. The molecule has 3 aromatic rings. The summed E-state index contributed by atoms with van der Waals surface area (Å²) in [4.78, 5) is 12.0. The van der Waals surface area contributed by atoms with Gasteiger partial charge in [-0.2, -0.15) is 0 Å². The van der Waals surface area contributed by atoms with Crippen LogP contribution < -0.4 is 26.6 Å². The summed E-state index contributed by atoms with van der Waals surface area (Å²) in [5, 5.41) is 22.4. The van der Waals surface area contributed by atoms with Gasteiger partial charge < -0.3 is 31.4 Å². The number of benzene rings is 3. The fraction of sp³-hybridized carbons (Fsp3) is 0.130. The van der Waals surface area contributed by atoms with Gasteiger partial charge in [-0.1, -0.05) is 12.1 Å². The molecular formula is C23H24ClN4O3-. The van der Waals surface area contributed by atoms with E-state index in [-0.39, 0.29) is 18.2 Å². The molecule has 0 saturated carbocycles. The van der Waals surface area contributed by atoms with Crippen LogP contribution in [0.2, 0.25) is 0 Å². The van der Waals surface area contributed by atoms with Crippen molar-refractivity contribution in [3.05, 3.63) is 77.9 Å². The predicted octanol–water partition coefficient (Wildman–Crippen LogP) is 2.94. The summed E-state index contributed by atoms with van der Waals surface area (Å²) in [5.41, 5.74) is 15.2. The Bertz CT molecular complexity index is 1070. The van der Waals surface area contributed by atoms with Crippen LogP contribution in [-0.2, 0) is 4.79 Å². The fourth-order valence-electron chi connectivity index (χ4n) is 3.11. The van der Waals surface area contributed by atoms with Crippen molar-refractivity contribution in [1.29, 1.82) is 5.41 Å². The van der Waals surface area contributed by atoms with Crippen LogP contribution in [0.25, 0.3) is 11.1 Å². The van der Waals surface area contributed by atoms with Crippen molar-refractivity contribution in [3.63, 3.8) is 0 Å². The minimum Gasteiger partial charge on any atom is -0.548 e. The monoisotopic (exact) mass is 439 g/mol. The molecule has 0 aromatic heterocycles. The molecule has 0 aliphatic carbocycles. The Kier molecular flexibility index (Phi) is 7.88. The summed E-state index contributed by atoms with van der Waals surface area (Å²) < 4.78 is 5.65. The zero-order chi connectivity index (χ0) is 21.7. The average molecular weight is 440 g/mol. The highest BCUT2D eigenvalue weighted by molar-refractivity contribution is 5.95. The quantitative estimate of drug-likeness (QED) is 0.242. The molecule has 0 aliphatic rings. The van der Waals surface area contributed by atoms with E-state index >= 15 is 0 Å². The van der Waals surface area contributed by atoms with E-state index in [1.165, 1.54) is 0 Å². The van der Waals surface area contributed by atoms with Crippen LogP contribution in [0.1, 0.15) is 24.1 Å². The minimum atomic E-state index is -1.28. The van der Waals surface area contributed by atoms with Gasteiger partial charge in [-0.3, -0.25) is 5.41 Å². The first-order valence-electron chi connectivity index (χ1n) is 9.43. The Morgan fingerprint density at radius 2 is 1.81 bits per heavy atom. The van der Waals surface area contributed by atoms with Crippen LogP contribution in [0.3, 0.4) is 0 Å². The molecule has 0 aliphatic heterocycles. The maximum atomic E-state index is 12.0. The van der Waals surface area contributed by atoms with E-state index in [0.717, 1.165) is 11.1 Å². The van der Waals surface area contributed by atoms with Crippen molar-refractivity contribution >= 4 is 35.6 Å². The molecule has 162 valence electrons. The van der Waals surface area contributed by atoms with E-state index in [1.807, 2.05) is 31.2 Å². The molecule has 0 saturated heterocycles. The van der Waals surface area contributed by atoms with E-state index in [0.29, 0.717) is 34.9 Å². The summed E-state index contributed by atoms with van der Waals surface area (Å²) in [6, 6.07) is 18.1. The van der Waals surface area contributed by atoms with Gasteiger partial charge in [-0.25, -0.2) is 0 Å². The molecule has 8 heteroatoms. The van der Waals surface area contributed by atoms with Crippen molar-refractivity contribution in [2.45, 2.75) is 13.0 Å². The number of rotatable bonds is 8. The number of halogens is 1. The van der Waals surface area contributed by atoms with Crippen molar-refractivity contribution in [2.24, 2.45) is 5.73 Å². The van der Waals surface area contributed by atoms with Crippen LogP contribution >= 0.6 is 12.4 Å². The SMILES string of the molecule is CCOc1cc(-c2cccc(N)c2)cc(C(Nc2ccc(C(=N)N)cc2)C(=O)[O-])c1.Cl.